The lowest BCUT2D eigenvalue weighted by molar-refractivity contribution is -0.294. The van der Waals surface area contributed by atoms with Crippen molar-refractivity contribution in [2.75, 3.05) is 6.61 Å². The molecule has 144 valence electrons. The molecule has 1 heterocycles. The first-order valence-electron chi connectivity index (χ1n) is 7.57. The van der Waals surface area contributed by atoms with Crippen molar-refractivity contribution in [2.45, 2.75) is 58.4 Å². The summed E-state index contributed by atoms with van der Waals surface area (Å²) < 4.78 is 30.8. The molecule has 1 aliphatic heterocycles. The van der Waals surface area contributed by atoms with Crippen LogP contribution in [0.25, 0.3) is 0 Å². The van der Waals surface area contributed by atoms with Crippen LogP contribution in [0.3, 0.4) is 0 Å². The Morgan fingerprint density at radius 1 is 0.846 bits per heavy atom. The topological polar surface area (TPSA) is 124 Å². The number of hydrogen-bond donors (Lipinski definition) is 0. The molecule has 0 bridgehead atoms. The van der Waals surface area contributed by atoms with Crippen molar-refractivity contribution in [3.8, 4) is 12.5 Å². The predicted octanol–water partition coefficient (Wildman–Crippen LogP) is -0.323. The normalized spacial score (nSPS) is 27.4. The first-order valence-corrected chi connectivity index (χ1v) is 7.57. The number of carbonyl (C=O) groups is 4. The van der Waals surface area contributed by atoms with E-state index in [0.717, 1.165) is 20.8 Å². The maximum absolute atomic E-state index is 11.5. The van der Waals surface area contributed by atoms with E-state index >= 15 is 0 Å². The minimum absolute atomic E-state index is 0.345. The molecule has 26 heavy (non-hydrogen) atoms. The second-order valence-electron chi connectivity index (χ2n) is 5.30. The minimum atomic E-state index is -1.35. The Labute approximate surface area is 150 Å². The molecule has 0 aromatic heterocycles. The number of carbonyl (C=O) groups excluding carboxylic acids is 4. The molecule has 0 amide bonds. The molecule has 1 saturated heterocycles. The van der Waals surface area contributed by atoms with Crippen LogP contribution in [0.5, 0.6) is 0 Å². The molecule has 5 atom stereocenters. The number of hydrogen-bond acceptors (Lipinski definition) is 10. The summed E-state index contributed by atoms with van der Waals surface area (Å²) in [5.41, 5.74) is 0. The average molecular weight is 372 g/mol. The Bertz CT molecular complexity index is 592. The number of terminal acetylenes is 1. The van der Waals surface area contributed by atoms with Crippen LogP contribution in [-0.4, -0.2) is 61.2 Å². The van der Waals surface area contributed by atoms with Gasteiger partial charge in [0.25, 0.3) is 6.29 Å². The molecule has 1 aliphatic rings. The SMILES string of the molecule is C#CO[C@@H]1O[C@H](COC(C)=O)[C@@H](OC(C)=O)[C@H](OC(C)=O)[C@H]1OC(C)=O. The molecule has 1 rings (SSSR count). The molecule has 0 spiro atoms. The van der Waals surface area contributed by atoms with Crippen molar-refractivity contribution >= 4 is 23.9 Å². The first kappa shape index (κ1) is 21.2. The summed E-state index contributed by atoms with van der Waals surface area (Å²) in [6.45, 7) is 4.18. The highest BCUT2D eigenvalue weighted by atomic mass is 16.7. The van der Waals surface area contributed by atoms with Crippen LogP contribution in [0.15, 0.2) is 0 Å². The molecule has 10 nitrogen and oxygen atoms in total. The maximum Gasteiger partial charge on any atom is 0.303 e. The zero-order chi connectivity index (χ0) is 19.9. The van der Waals surface area contributed by atoms with Crippen LogP contribution in [0, 0.1) is 12.5 Å². The highest BCUT2D eigenvalue weighted by Gasteiger charge is 2.53. The van der Waals surface area contributed by atoms with Gasteiger partial charge < -0.3 is 28.4 Å². The van der Waals surface area contributed by atoms with E-state index in [-0.39, 0.29) is 6.61 Å². The molecule has 0 aromatic carbocycles. The molecular weight excluding hydrogens is 352 g/mol. The lowest BCUT2D eigenvalue weighted by Crippen LogP contribution is -2.62. The van der Waals surface area contributed by atoms with Crippen molar-refractivity contribution < 1.29 is 47.6 Å². The van der Waals surface area contributed by atoms with Gasteiger partial charge in [-0.05, 0) is 0 Å². The summed E-state index contributed by atoms with van der Waals surface area (Å²) in [5, 5.41) is 0. The van der Waals surface area contributed by atoms with Gasteiger partial charge in [0.2, 0.25) is 6.10 Å². The largest absolute Gasteiger partial charge is 0.463 e. The molecule has 0 aromatic rings. The summed E-state index contributed by atoms with van der Waals surface area (Å²) >= 11 is 0. The van der Waals surface area contributed by atoms with Crippen molar-refractivity contribution in [2.24, 2.45) is 0 Å². The fourth-order valence-corrected chi connectivity index (χ4v) is 2.35. The summed E-state index contributed by atoms with van der Waals surface area (Å²) in [5.74, 6) is -2.81. The lowest BCUT2D eigenvalue weighted by Gasteiger charge is -2.43. The summed E-state index contributed by atoms with van der Waals surface area (Å²) in [7, 11) is 0. The summed E-state index contributed by atoms with van der Waals surface area (Å²) in [4.78, 5) is 45.5. The molecular formula is C16H20O10. The molecule has 0 N–H and O–H groups in total. The van der Waals surface area contributed by atoms with E-state index in [4.69, 9.17) is 34.8 Å². The van der Waals surface area contributed by atoms with Gasteiger partial charge in [-0.25, -0.2) is 0 Å². The van der Waals surface area contributed by atoms with Gasteiger partial charge in [-0.15, -0.1) is 0 Å². The Morgan fingerprint density at radius 2 is 1.35 bits per heavy atom. The van der Waals surface area contributed by atoms with Gasteiger partial charge in [0.05, 0.1) is 0 Å². The van der Waals surface area contributed by atoms with Gasteiger partial charge in [0, 0.05) is 27.7 Å². The third kappa shape index (κ3) is 6.25. The fourth-order valence-electron chi connectivity index (χ4n) is 2.35. The molecule has 1 fully saturated rings. The van der Waals surface area contributed by atoms with Crippen molar-refractivity contribution in [3.05, 3.63) is 0 Å². The quantitative estimate of drug-likeness (QED) is 0.348. The Morgan fingerprint density at radius 3 is 1.81 bits per heavy atom. The molecule has 0 aliphatic carbocycles. The Balaban J connectivity index is 3.24. The number of ether oxygens (including phenoxy) is 6. The van der Waals surface area contributed by atoms with Crippen LogP contribution < -0.4 is 0 Å². The van der Waals surface area contributed by atoms with E-state index < -0.39 is 54.6 Å². The second kappa shape index (κ2) is 9.62. The predicted molar refractivity (Wildman–Crippen MR) is 81.9 cm³/mol. The van der Waals surface area contributed by atoms with Gasteiger partial charge in [-0.1, -0.05) is 6.42 Å². The van der Waals surface area contributed by atoms with E-state index in [1.165, 1.54) is 6.92 Å². The van der Waals surface area contributed by atoms with Gasteiger partial charge in [-0.3, -0.25) is 19.2 Å². The van der Waals surface area contributed by atoms with E-state index in [2.05, 4.69) is 0 Å². The summed E-state index contributed by atoms with van der Waals surface area (Å²) in [6, 6.07) is 0. The molecule has 0 radical (unpaired) electrons. The average Bonchev–Trinajstić information content (AvgIpc) is 2.50. The monoisotopic (exact) mass is 372 g/mol. The maximum atomic E-state index is 11.5. The zero-order valence-corrected chi connectivity index (χ0v) is 14.8. The minimum Gasteiger partial charge on any atom is -0.463 e. The third-order valence-corrected chi connectivity index (χ3v) is 3.13. The molecule has 0 saturated carbocycles. The molecule has 0 unspecified atom stereocenters. The molecule has 10 heteroatoms. The Hall–Kier alpha value is -2.80. The highest BCUT2D eigenvalue weighted by Crippen LogP contribution is 2.29. The van der Waals surface area contributed by atoms with Gasteiger partial charge >= 0.3 is 23.9 Å². The van der Waals surface area contributed by atoms with E-state index in [1.54, 1.807) is 0 Å². The van der Waals surface area contributed by atoms with Gasteiger partial charge in [0.15, 0.2) is 12.2 Å². The zero-order valence-electron chi connectivity index (χ0n) is 14.8. The van der Waals surface area contributed by atoms with Gasteiger partial charge in [-0.2, -0.15) is 0 Å². The number of esters is 4. The summed E-state index contributed by atoms with van der Waals surface area (Å²) in [6.07, 6.45) is 0.711. The van der Waals surface area contributed by atoms with Crippen LogP contribution in [0.1, 0.15) is 27.7 Å². The van der Waals surface area contributed by atoms with Crippen LogP contribution in [-0.2, 0) is 47.6 Å². The fraction of sp³-hybridized carbons (Fsp3) is 0.625. The van der Waals surface area contributed by atoms with Crippen LogP contribution in [0.4, 0.5) is 0 Å². The first-order chi connectivity index (χ1) is 12.1. The van der Waals surface area contributed by atoms with Crippen LogP contribution in [0.2, 0.25) is 0 Å². The van der Waals surface area contributed by atoms with Gasteiger partial charge in [0.1, 0.15) is 18.8 Å². The van der Waals surface area contributed by atoms with E-state index in [9.17, 15) is 19.2 Å². The smallest absolute Gasteiger partial charge is 0.303 e. The second-order valence-corrected chi connectivity index (χ2v) is 5.30. The standard InChI is InChI=1S/C16H20O10/c1-6-21-16-15(25-11(5)20)14(24-10(4)19)13(23-9(3)18)12(26-16)7-22-8(2)17/h1,12-16H,7H2,2-5H3/t12-,13-,14+,15-,16-/m1/s1. The van der Waals surface area contributed by atoms with E-state index in [0.29, 0.717) is 0 Å². The highest BCUT2D eigenvalue weighted by molar-refractivity contribution is 5.68. The number of rotatable bonds is 6. The van der Waals surface area contributed by atoms with Crippen molar-refractivity contribution in [1.82, 2.24) is 0 Å². The van der Waals surface area contributed by atoms with Crippen molar-refractivity contribution in [3.63, 3.8) is 0 Å². The Kier molecular flexibility index (Phi) is 7.86. The van der Waals surface area contributed by atoms with Crippen LogP contribution >= 0.6 is 0 Å². The third-order valence-electron chi connectivity index (χ3n) is 3.13. The van der Waals surface area contributed by atoms with E-state index in [1.807, 2.05) is 6.11 Å². The van der Waals surface area contributed by atoms with Crippen molar-refractivity contribution in [1.29, 1.82) is 0 Å². The lowest BCUT2D eigenvalue weighted by atomic mass is 9.98.